The summed E-state index contributed by atoms with van der Waals surface area (Å²) >= 11 is 0. The molecule has 0 spiro atoms. The highest BCUT2D eigenvalue weighted by Gasteiger charge is 2.43. The maximum atomic E-state index is 12.6. The zero-order valence-electron chi connectivity index (χ0n) is 10.2. The fraction of sp³-hybridized carbons (Fsp3) is 0.364. The normalized spacial score (nSPS) is 13.8. The van der Waals surface area contributed by atoms with E-state index in [0.29, 0.717) is 0 Å². The monoisotopic (exact) mass is 312 g/mol. The lowest BCUT2D eigenvalue weighted by atomic mass is 10.2. The summed E-state index contributed by atoms with van der Waals surface area (Å²) in [5.74, 6) is -1.92. The predicted octanol–water partition coefficient (Wildman–Crippen LogP) is 1.87. The molecule has 0 saturated heterocycles. The number of benzene rings is 1. The van der Waals surface area contributed by atoms with Crippen LogP contribution in [0.15, 0.2) is 29.2 Å². The van der Waals surface area contributed by atoms with Crippen molar-refractivity contribution in [1.29, 1.82) is 0 Å². The van der Waals surface area contributed by atoms with Gasteiger partial charge in [0.15, 0.2) is 9.84 Å². The number of aliphatic carboxylic acids is 1. The molecule has 0 fully saturated rings. The van der Waals surface area contributed by atoms with Gasteiger partial charge >= 0.3 is 12.1 Å². The van der Waals surface area contributed by atoms with Crippen molar-refractivity contribution in [3.05, 3.63) is 24.3 Å². The number of halogens is 3. The fourth-order valence-electron chi connectivity index (χ4n) is 1.31. The molecule has 5 nitrogen and oxygen atoms in total. The van der Waals surface area contributed by atoms with Gasteiger partial charge in [0.25, 0.3) is 0 Å². The van der Waals surface area contributed by atoms with Crippen molar-refractivity contribution in [2.45, 2.75) is 23.6 Å². The van der Waals surface area contributed by atoms with Crippen LogP contribution in [0.25, 0.3) is 0 Å². The molecule has 1 rings (SSSR count). The summed E-state index contributed by atoms with van der Waals surface area (Å²) in [7, 11) is -3.47. The molecule has 1 atom stereocenters. The molecule has 0 aliphatic heterocycles. The van der Waals surface area contributed by atoms with Crippen LogP contribution in [0, 0.1) is 0 Å². The molecule has 0 amide bonds. The molecular formula is C11H11F3O5S. The summed E-state index contributed by atoms with van der Waals surface area (Å²) in [4.78, 5) is 10.3. The minimum Gasteiger partial charge on any atom is -0.481 e. The van der Waals surface area contributed by atoms with E-state index in [0.717, 1.165) is 30.5 Å². The Hall–Kier alpha value is -1.77. The van der Waals surface area contributed by atoms with E-state index in [-0.39, 0.29) is 10.6 Å². The molecule has 0 radical (unpaired) electrons. The Bertz CT molecular complexity index is 577. The van der Waals surface area contributed by atoms with E-state index in [2.05, 4.69) is 4.74 Å². The van der Waals surface area contributed by atoms with Crippen molar-refractivity contribution in [1.82, 2.24) is 0 Å². The highest BCUT2D eigenvalue weighted by Crippen LogP contribution is 2.28. The largest absolute Gasteiger partial charge is 0.481 e. The van der Waals surface area contributed by atoms with E-state index >= 15 is 0 Å². The first-order chi connectivity index (χ1) is 9.00. The average molecular weight is 312 g/mol. The Kier molecular flexibility index (Phi) is 4.64. The zero-order chi connectivity index (χ0) is 15.6. The van der Waals surface area contributed by atoms with Crippen LogP contribution in [0.5, 0.6) is 5.75 Å². The number of rotatable bonds is 5. The van der Waals surface area contributed by atoms with E-state index in [4.69, 9.17) is 5.11 Å². The van der Waals surface area contributed by atoms with Gasteiger partial charge in [-0.05, 0) is 24.3 Å². The zero-order valence-corrected chi connectivity index (χ0v) is 11.0. The molecule has 0 bridgehead atoms. The summed E-state index contributed by atoms with van der Waals surface area (Å²) in [5.41, 5.74) is 0. The van der Waals surface area contributed by atoms with Crippen molar-refractivity contribution in [2.75, 3.05) is 6.26 Å². The van der Waals surface area contributed by atoms with Crippen molar-refractivity contribution in [3.8, 4) is 5.75 Å². The Morgan fingerprint density at radius 2 is 1.80 bits per heavy atom. The minimum atomic E-state index is -4.84. The van der Waals surface area contributed by atoms with Gasteiger partial charge in [0.1, 0.15) is 5.75 Å². The number of hydrogen-bond donors (Lipinski definition) is 1. The predicted molar refractivity (Wildman–Crippen MR) is 62.3 cm³/mol. The van der Waals surface area contributed by atoms with Gasteiger partial charge < -0.3 is 9.84 Å². The molecule has 0 saturated carbocycles. The number of carbonyl (C=O) groups is 1. The van der Waals surface area contributed by atoms with E-state index in [1.54, 1.807) is 0 Å². The number of carboxylic acids is 1. The Balaban J connectivity index is 2.92. The van der Waals surface area contributed by atoms with Gasteiger partial charge in [-0.1, -0.05) is 0 Å². The molecular weight excluding hydrogens is 301 g/mol. The molecule has 0 heterocycles. The van der Waals surface area contributed by atoms with Gasteiger partial charge in [-0.3, -0.25) is 4.79 Å². The first-order valence-corrected chi connectivity index (χ1v) is 7.14. The number of ether oxygens (including phenoxy) is 1. The van der Waals surface area contributed by atoms with Crippen molar-refractivity contribution >= 4 is 15.8 Å². The Labute approximate surface area is 112 Å². The van der Waals surface area contributed by atoms with Crippen LogP contribution in [0.4, 0.5) is 13.2 Å². The topological polar surface area (TPSA) is 80.7 Å². The maximum absolute atomic E-state index is 12.6. The molecule has 20 heavy (non-hydrogen) atoms. The quantitative estimate of drug-likeness (QED) is 0.898. The minimum absolute atomic E-state index is 0.0772. The summed E-state index contributed by atoms with van der Waals surface area (Å²) < 4.78 is 64.6. The Morgan fingerprint density at radius 1 is 1.30 bits per heavy atom. The number of carboxylic acid groups (broad SMARTS) is 1. The third-order valence-electron chi connectivity index (χ3n) is 2.26. The van der Waals surface area contributed by atoms with Crippen molar-refractivity contribution < 1.29 is 36.2 Å². The molecule has 112 valence electrons. The van der Waals surface area contributed by atoms with E-state index < -0.39 is 34.5 Å². The molecule has 1 aromatic rings. The number of alkyl halides is 3. The molecule has 0 aliphatic carbocycles. The van der Waals surface area contributed by atoms with Crippen LogP contribution in [0.3, 0.4) is 0 Å². The molecule has 1 N–H and O–H groups in total. The molecule has 0 aliphatic rings. The molecule has 0 aromatic heterocycles. The summed E-state index contributed by atoms with van der Waals surface area (Å²) in [6.45, 7) is 0. The van der Waals surface area contributed by atoms with E-state index in [1.165, 1.54) is 0 Å². The Morgan fingerprint density at radius 3 is 2.15 bits per heavy atom. The van der Waals surface area contributed by atoms with Gasteiger partial charge in [-0.2, -0.15) is 13.2 Å². The van der Waals surface area contributed by atoms with Crippen molar-refractivity contribution in [2.24, 2.45) is 0 Å². The van der Waals surface area contributed by atoms with Gasteiger partial charge in [0.2, 0.25) is 6.10 Å². The van der Waals surface area contributed by atoms with Crippen LogP contribution < -0.4 is 4.74 Å². The van der Waals surface area contributed by atoms with Crippen LogP contribution >= 0.6 is 0 Å². The highest BCUT2D eigenvalue weighted by molar-refractivity contribution is 7.90. The van der Waals surface area contributed by atoms with Gasteiger partial charge in [-0.25, -0.2) is 8.42 Å². The van der Waals surface area contributed by atoms with Gasteiger partial charge in [0.05, 0.1) is 11.3 Å². The van der Waals surface area contributed by atoms with Gasteiger partial charge in [0, 0.05) is 6.26 Å². The van der Waals surface area contributed by atoms with Crippen LogP contribution in [0.1, 0.15) is 6.42 Å². The lowest BCUT2D eigenvalue weighted by Gasteiger charge is -2.20. The number of hydrogen-bond acceptors (Lipinski definition) is 4. The van der Waals surface area contributed by atoms with E-state index in [9.17, 15) is 26.4 Å². The second kappa shape index (κ2) is 5.70. The molecule has 1 aromatic carbocycles. The summed E-state index contributed by atoms with van der Waals surface area (Å²) in [6, 6.07) is 4.24. The van der Waals surface area contributed by atoms with Crippen LogP contribution in [0.2, 0.25) is 0 Å². The standard InChI is InChI=1S/C11H11F3O5S/c1-20(17,18)8-4-2-7(3-5-8)19-9(6-10(15)16)11(12,13)14/h2-5,9H,6H2,1H3,(H,15,16). The summed E-state index contributed by atoms with van der Waals surface area (Å²) in [5, 5.41) is 8.42. The maximum Gasteiger partial charge on any atom is 0.425 e. The first-order valence-electron chi connectivity index (χ1n) is 5.25. The third-order valence-corrected chi connectivity index (χ3v) is 3.38. The second-order valence-electron chi connectivity index (χ2n) is 3.99. The van der Waals surface area contributed by atoms with Crippen LogP contribution in [-0.2, 0) is 14.6 Å². The fourth-order valence-corrected chi connectivity index (χ4v) is 1.94. The highest BCUT2D eigenvalue weighted by atomic mass is 32.2. The SMILES string of the molecule is CS(=O)(=O)c1ccc(OC(CC(=O)O)C(F)(F)F)cc1. The number of sulfone groups is 1. The second-order valence-corrected chi connectivity index (χ2v) is 6.01. The van der Waals surface area contributed by atoms with E-state index in [1.807, 2.05) is 0 Å². The van der Waals surface area contributed by atoms with Crippen LogP contribution in [-0.4, -0.2) is 38.0 Å². The molecule has 1 unspecified atom stereocenters. The third kappa shape index (κ3) is 4.72. The lowest BCUT2D eigenvalue weighted by Crippen LogP contribution is -2.36. The molecule has 9 heteroatoms. The van der Waals surface area contributed by atoms with Gasteiger partial charge in [-0.15, -0.1) is 0 Å². The lowest BCUT2D eigenvalue weighted by molar-refractivity contribution is -0.200. The summed E-state index contributed by atoms with van der Waals surface area (Å²) in [6.07, 6.45) is -7.62. The average Bonchev–Trinajstić information content (AvgIpc) is 2.25. The first kappa shape index (κ1) is 16.3. The van der Waals surface area contributed by atoms with Crippen molar-refractivity contribution in [3.63, 3.8) is 0 Å². The smallest absolute Gasteiger partial charge is 0.425 e.